The Morgan fingerprint density at radius 2 is 1.80 bits per heavy atom. The number of nitrogens with zero attached hydrogens (tertiary/aromatic N) is 3. The van der Waals surface area contributed by atoms with Crippen molar-refractivity contribution in [1.82, 2.24) is 20.4 Å². The number of hydrogen-bond acceptors (Lipinski definition) is 3. The molecule has 2 aliphatic heterocycles. The molecule has 30 heavy (non-hydrogen) atoms. The lowest BCUT2D eigenvalue weighted by Gasteiger charge is -2.33. The molecule has 2 atom stereocenters. The molecule has 0 bridgehead atoms. The van der Waals surface area contributed by atoms with Crippen molar-refractivity contribution in [3.63, 3.8) is 0 Å². The number of piperidine rings is 1. The number of carbonyl (C=O) groups is 1. The van der Waals surface area contributed by atoms with Crippen molar-refractivity contribution in [2.45, 2.75) is 90.1 Å². The fourth-order valence-corrected chi connectivity index (χ4v) is 5.13. The number of carbonyl (C=O) groups excluding carboxylic acids is 1. The van der Waals surface area contributed by atoms with E-state index in [9.17, 15) is 4.79 Å². The van der Waals surface area contributed by atoms with Gasteiger partial charge in [-0.2, -0.15) is 0 Å². The Labute approximate surface area is 201 Å². The molecule has 3 fully saturated rings. The van der Waals surface area contributed by atoms with Crippen molar-refractivity contribution in [3.8, 4) is 0 Å². The number of hydrogen-bond donors (Lipinski definition) is 2. The quantitative estimate of drug-likeness (QED) is 0.217. The van der Waals surface area contributed by atoms with Gasteiger partial charge in [-0.3, -0.25) is 9.79 Å². The lowest BCUT2D eigenvalue weighted by Crippen LogP contribution is -2.45. The summed E-state index contributed by atoms with van der Waals surface area (Å²) < 4.78 is 0. The van der Waals surface area contributed by atoms with Crippen LogP contribution in [0.15, 0.2) is 4.99 Å². The van der Waals surface area contributed by atoms with E-state index in [1.807, 2.05) is 0 Å². The second kappa shape index (κ2) is 13.8. The van der Waals surface area contributed by atoms with Crippen molar-refractivity contribution in [2.24, 2.45) is 10.9 Å². The van der Waals surface area contributed by atoms with Gasteiger partial charge in [0.1, 0.15) is 0 Å². The van der Waals surface area contributed by atoms with E-state index in [0.29, 0.717) is 17.9 Å². The summed E-state index contributed by atoms with van der Waals surface area (Å²) in [6, 6.07) is 1.08. The zero-order valence-electron chi connectivity index (χ0n) is 19.2. The molecule has 1 saturated carbocycles. The third-order valence-corrected chi connectivity index (χ3v) is 6.95. The summed E-state index contributed by atoms with van der Waals surface area (Å²) in [7, 11) is 0. The maximum absolute atomic E-state index is 12.7. The molecule has 2 unspecified atom stereocenters. The molecular weight excluding hydrogens is 489 g/mol. The Morgan fingerprint density at radius 1 is 1.03 bits per heavy atom. The summed E-state index contributed by atoms with van der Waals surface area (Å²) in [6.07, 6.45) is 12.1. The van der Waals surface area contributed by atoms with E-state index < -0.39 is 0 Å². The van der Waals surface area contributed by atoms with Crippen LogP contribution in [0.1, 0.15) is 78.1 Å². The Bertz CT molecular complexity index is 538. The van der Waals surface area contributed by atoms with Crippen LogP contribution in [-0.4, -0.2) is 73.0 Å². The van der Waals surface area contributed by atoms with E-state index in [1.54, 1.807) is 0 Å². The molecule has 1 aliphatic carbocycles. The predicted octanol–water partition coefficient (Wildman–Crippen LogP) is 3.61. The zero-order valence-corrected chi connectivity index (χ0v) is 21.5. The van der Waals surface area contributed by atoms with Crippen molar-refractivity contribution < 1.29 is 4.79 Å². The molecule has 2 saturated heterocycles. The fourth-order valence-electron chi connectivity index (χ4n) is 5.13. The minimum atomic E-state index is 0. The number of halogens is 1. The molecule has 174 valence electrons. The first-order valence-electron chi connectivity index (χ1n) is 12.2. The molecule has 0 aromatic heterocycles. The first-order chi connectivity index (χ1) is 14.2. The largest absolute Gasteiger partial charge is 0.357 e. The number of unbranched alkanes of at least 4 members (excludes halogenated alkanes) is 1. The van der Waals surface area contributed by atoms with Gasteiger partial charge in [-0.1, -0.05) is 19.3 Å². The van der Waals surface area contributed by atoms with E-state index in [-0.39, 0.29) is 24.0 Å². The molecule has 3 aliphatic rings. The maximum atomic E-state index is 12.7. The summed E-state index contributed by atoms with van der Waals surface area (Å²) >= 11 is 0. The number of guanidine groups is 1. The minimum Gasteiger partial charge on any atom is -0.357 e. The first-order valence-corrected chi connectivity index (χ1v) is 12.2. The summed E-state index contributed by atoms with van der Waals surface area (Å²) in [5.41, 5.74) is 0. The Balaban J connectivity index is 0.00000320. The van der Waals surface area contributed by atoms with Gasteiger partial charge in [0.25, 0.3) is 0 Å². The number of aliphatic imine (C=N–C) groups is 1. The van der Waals surface area contributed by atoms with Gasteiger partial charge in [0.05, 0.1) is 0 Å². The molecule has 6 nitrogen and oxygen atoms in total. The molecule has 0 aromatic carbocycles. The lowest BCUT2D eigenvalue weighted by molar-refractivity contribution is -0.134. The van der Waals surface area contributed by atoms with Crippen LogP contribution in [0.25, 0.3) is 0 Å². The number of nitrogens with one attached hydrogen (secondary N) is 2. The third kappa shape index (κ3) is 7.84. The average Bonchev–Trinajstić information content (AvgIpc) is 3.41. The Morgan fingerprint density at radius 3 is 2.53 bits per heavy atom. The predicted molar refractivity (Wildman–Crippen MR) is 136 cm³/mol. The van der Waals surface area contributed by atoms with E-state index >= 15 is 0 Å². The molecule has 7 heteroatoms. The standard InChI is InChI=1S/C23H43N5O.HI/c1-3-24-23(25-14-7-9-16-27-15-8-6-10-19(27)2)26-21-13-17-28(18-21)22(29)20-11-4-5-12-20;/h19-21H,3-18H2,1-2H3,(H2,24,25,26);1H. The van der Waals surface area contributed by atoms with Crippen LogP contribution in [0.4, 0.5) is 0 Å². The van der Waals surface area contributed by atoms with Crippen LogP contribution in [0.3, 0.4) is 0 Å². The van der Waals surface area contributed by atoms with Crippen LogP contribution < -0.4 is 10.6 Å². The van der Waals surface area contributed by atoms with Crippen LogP contribution in [-0.2, 0) is 4.79 Å². The SMILES string of the molecule is CCNC(=NCCCCN1CCCCC1C)NC1CCN(C(=O)C2CCCC2)C1.I. The summed E-state index contributed by atoms with van der Waals surface area (Å²) in [5.74, 6) is 1.60. The number of amides is 1. The van der Waals surface area contributed by atoms with Gasteiger partial charge in [-0.25, -0.2) is 0 Å². The van der Waals surface area contributed by atoms with Gasteiger partial charge in [0, 0.05) is 44.2 Å². The van der Waals surface area contributed by atoms with Crippen LogP contribution in [0.5, 0.6) is 0 Å². The van der Waals surface area contributed by atoms with E-state index in [1.165, 1.54) is 51.6 Å². The van der Waals surface area contributed by atoms with Crippen molar-refractivity contribution >= 4 is 35.8 Å². The second-order valence-corrected chi connectivity index (χ2v) is 9.24. The monoisotopic (exact) mass is 533 g/mol. The highest BCUT2D eigenvalue weighted by molar-refractivity contribution is 14.0. The summed E-state index contributed by atoms with van der Waals surface area (Å²) in [4.78, 5) is 22.2. The smallest absolute Gasteiger partial charge is 0.225 e. The molecular formula is C23H44IN5O. The van der Waals surface area contributed by atoms with Gasteiger partial charge in [-0.05, 0) is 71.9 Å². The molecule has 1 amide bonds. The topological polar surface area (TPSA) is 60.0 Å². The van der Waals surface area contributed by atoms with Crippen molar-refractivity contribution in [3.05, 3.63) is 0 Å². The lowest BCUT2D eigenvalue weighted by atomic mass is 10.0. The van der Waals surface area contributed by atoms with E-state index in [4.69, 9.17) is 4.99 Å². The van der Waals surface area contributed by atoms with Gasteiger partial charge < -0.3 is 20.4 Å². The maximum Gasteiger partial charge on any atom is 0.225 e. The van der Waals surface area contributed by atoms with Crippen LogP contribution in [0, 0.1) is 5.92 Å². The normalized spacial score (nSPS) is 25.9. The number of likely N-dealkylation sites (tertiary alicyclic amines) is 2. The Kier molecular flexibility index (Phi) is 11.8. The van der Waals surface area contributed by atoms with E-state index in [2.05, 4.69) is 34.3 Å². The summed E-state index contributed by atoms with van der Waals surface area (Å²) in [6.45, 7) is 10.4. The van der Waals surface area contributed by atoms with Crippen molar-refractivity contribution in [1.29, 1.82) is 0 Å². The zero-order chi connectivity index (χ0) is 20.5. The average molecular weight is 534 g/mol. The molecule has 0 aromatic rings. The third-order valence-electron chi connectivity index (χ3n) is 6.95. The highest BCUT2D eigenvalue weighted by Gasteiger charge is 2.32. The van der Waals surface area contributed by atoms with Gasteiger partial charge in [-0.15, -0.1) is 24.0 Å². The van der Waals surface area contributed by atoms with Gasteiger partial charge >= 0.3 is 0 Å². The fraction of sp³-hybridized carbons (Fsp3) is 0.913. The first kappa shape index (κ1) is 25.7. The molecule has 2 heterocycles. The van der Waals surface area contributed by atoms with E-state index in [0.717, 1.165) is 63.9 Å². The Hall–Kier alpha value is -0.570. The summed E-state index contributed by atoms with van der Waals surface area (Å²) in [5, 5.41) is 6.96. The van der Waals surface area contributed by atoms with Gasteiger partial charge in [0.15, 0.2) is 5.96 Å². The molecule has 0 spiro atoms. The molecule has 3 rings (SSSR count). The minimum absolute atomic E-state index is 0. The van der Waals surface area contributed by atoms with Crippen LogP contribution >= 0.6 is 24.0 Å². The highest BCUT2D eigenvalue weighted by atomic mass is 127. The molecule has 2 N–H and O–H groups in total. The van der Waals surface area contributed by atoms with Gasteiger partial charge in [0.2, 0.25) is 5.91 Å². The van der Waals surface area contributed by atoms with Crippen LogP contribution in [0.2, 0.25) is 0 Å². The second-order valence-electron chi connectivity index (χ2n) is 9.24. The molecule has 0 radical (unpaired) electrons. The number of rotatable bonds is 8. The van der Waals surface area contributed by atoms with Crippen molar-refractivity contribution in [2.75, 3.05) is 39.3 Å². The highest BCUT2D eigenvalue weighted by Crippen LogP contribution is 2.27.